The summed E-state index contributed by atoms with van der Waals surface area (Å²) in [5.74, 6) is -2.65. The van der Waals surface area contributed by atoms with Crippen molar-refractivity contribution in [3.63, 3.8) is 0 Å². The molecule has 3 saturated carbocycles. The second-order valence-corrected chi connectivity index (χ2v) is 19.1. The molecule has 2 aliphatic heterocycles. The minimum absolute atomic E-state index is 0.0579. The molecule has 0 spiro atoms. The van der Waals surface area contributed by atoms with Gasteiger partial charge in [-0.1, -0.05) is 84.9 Å². The molecule has 5 amide bonds. The van der Waals surface area contributed by atoms with E-state index in [0.717, 1.165) is 50.5 Å². The summed E-state index contributed by atoms with van der Waals surface area (Å²) >= 11 is 0. The van der Waals surface area contributed by atoms with Gasteiger partial charge in [-0.15, -0.1) is 0 Å². The molecule has 2 unspecified atom stereocenters. The van der Waals surface area contributed by atoms with E-state index in [0.29, 0.717) is 17.9 Å². The minimum Gasteiger partial charge on any atom is -0.363 e. The van der Waals surface area contributed by atoms with Gasteiger partial charge in [-0.2, -0.15) is 4.31 Å². The number of nitrogens with one attached hydrogen (secondary N) is 3. The number of rotatable bonds is 12. The number of piperidine rings is 1. The zero-order chi connectivity index (χ0) is 37.0. The second-order valence-electron chi connectivity index (χ2n) is 17.2. The van der Waals surface area contributed by atoms with Gasteiger partial charge in [0, 0.05) is 25.7 Å². The molecule has 0 aromatic heterocycles. The van der Waals surface area contributed by atoms with E-state index in [4.69, 9.17) is 5.73 Å². The van der Waals surface area contributed by atoms with Crippen LogP contribution in [0.1, 0.15) is 91.5 Å². The topological polar surface area (TPSA) is 188 Å². The van der Waals surface area contributed by atoms with E-state index in [1.54, 1.807) is 12.1 Å². The van der Waals surface area contributed by atoms with Crippen molar-refractivity contribution in [2.24, 2.45) is 40.2 Å². The van der Waals surface area contributed by atoms with Gasteiger partial charge >= 0.3 is 6.03 Å². The molecule has 5 N–H and O–H groups in total. The summed E-state index contributed by atoms with van der Waals surface area (Å²) in [5, 5.41) is 8.79. The first-order valence-electron chi connectivity index (χ1n) is 18.5. The highest BCUT2D eigenvalue weighted by Crippen LogP contribution is 2.65. The fourth-order valence-corrected chi connectivity index (χ4v) is 10.5. The number of ketones is 1. The van der Waals surface area contributed by atoms with Crippen LogP contribution in [0.2, 0.25) is 0 Å². The molecule has 51 heavy (non-hydrogen) atoms. The molecular weight excluding hydrogens is 673 g/mol. The van der Waals surface area contributed by atoms with E-state index in [-0.39, 0.29) is 42.2 Å². The Morgan fingerprint density at radius 3 is 2.24 bits per heavy atom. The number of primary amides is 1. The lowest BCUT2D eigenvalue weighted by atomic mass is 9.83. The van der Waals surface area contributed by atoms with E-state index >= 15 is 0 Å². The van der Waals surface area contributed by atoms with Crippen molar-refractivity contribution in [1.82, 2.24) is 25.2 Å². The third-order valence-corrected chi connectivity index (χ3v) is 14.1. The van der Waals surface area contributed by atoms with Crippen LogP contribution in [0.3, 0.4) is 0 Å². The summed E-state index contributed by atoms with van der Waals surface area (Å²) in [6.07, 6.45) is 6.93. The first kappa shape index (κ1) is 37.2. The standard InChI is InChI=1S/C37H54N6O7S/c1-36(2,3)31(34(47)43-19-24-28(37(24,4)5)29(43)33(46)39-25(17-21-15-16-21)30(44)32(38)45)41-35(48)40-26(22-11-7-6-8-12-22)20-42-18-23-13-9-10-14-27(23)51(42,49)50/h9-10,13-14,21-22,24-26,28-29,31H,6-8,11-12,15-20H2,1-5H3,(H2,38,45)(H,39,46)(H2,40,41,48)/t24-,25?,26+,28-,29?,31+/m0/s1. The normalized spacial score (nSPS) is 27.0. The Balaban J connectivity index is 1.19. The summed E-state index contributed by atoms with van der Waals surface area (Å²) in [5.41, 5.74) is 5.10. The average Bonchev–Trinajstić information content (AvgIpc) is 3.89. The van der Waals surface area contributed by atoms with Crippen molar-refractivity contribution in [3.05, 3.63) is 29.8 Å². The van der Waals surface area contributed by atoms with Crippen LogP contribution in [-0.2, 0) is 35.7 Å². The number of hydrogen-bond donors (Lipinski definition) is 4. The summed E-state index contributed by atoms with van der Waals surface area (Å²) in [6.45, 7) is 10.3. The van der Waals surface area contributed by atoms with E-state index in [2.05, 4.69) is 29.8 Å². The number of nitrogens with two attached hydrogens (primary N) is 1. The Hall–Kier alpha value is -3.52. The van der Waals surface area contributed by atoms with E-state index in [1.807, 2.05) is 32.9 Å². The third kappa shape index (κ3) is 7.53. The van der Waals surface area contributed by atoms with Crippen molar-refractivity contribution in [2.45, 2.75) is 122 Å². The number of nitrogens with zero attached hydrogens (tertiary/aromatic N) is 2. The summed E-state index contributed by atoms with van der Waals surface area (Å²) in [7, 11) is -3.72. The van der Waals surface area contributed by atoms with Gasteiger partial charge in [-0.05, 0) is 65.4 Å². The lowest BCUT2D eigenvalue weighted by Gasteiger charge is -2.38. The molecular formula is C37H54N6O7S. The monoisotopic (exact) mass is 726 g/mol. The lowest BCUT2D eigenvalue weighted by molar-refractivity contribution is -0.145. The van der Waals surface area contributed by atoms with Gasteiger partial charge < -0.3 is 26.6 Å². The number of carbonyl (C=O) groups excluding carboxylic acids is 5. The highest BCUT2D eigenvalue weighted by Gasteiger charge is 2.70. The molecule has 6 atom stereocenters. The van der Waals surface area contributed by atoms with Crippen LogP contribution >= 0.6 is 0 Å². The highest BCUT2D eigenvalue weighted by molar-refractivity contribution is 7.89. The number of amides is 5. The molecule has 1 saturated heterocycles. The maximum atomic E-state index is 14.5. The van der Waals surface area contributed by atoms with E-state index in [1.165, 1.54) is 9.21 Å². The van der Waals surface area contributed by atoms with E-state index < -0.39 is 69.1 Å². The van der Waals surface area contributed by atoms with Crippen molar-refractivity contribution in [3.8, 4) is 0 Å². The van der Waals surface area contributed by atoms with Crippen LogP contribution in [0.5, 0.6) is 0 Å². The molecule has 4 fully saturated rings. The predicted octanol–water partition coefficient (Wildman–Crippen LogP) is 2.68. The van der Waals surface area contributed by atoms with Crippen LogP contribution in [0.25, 0.3) is 0 Å². The number of Topliss-reactive ketones (excluding diaryl/α,β-unsaturated/α-hetero) is 1. The third-order valence-electron chi connectivity index (χ3n) is 12.2. The van der Waals surface area contributed by atoms with Crippen LogP contribution in [-0.4, -0.2) is 84.4 Å². The largest absolute Gasteiger partial charge is 0.363 e. The molecule has 13 nitrogen and oxygen atoms in total. The fraction of sp³-hybridized carbons (Fsp3) is 0.703. The summed E-state index contributed by atoms with van der Waals surface area (Å²) in [6, 6.07) is 2.94. The Morgan fingerprint density at radius 2 is 1.63 bits per heavy atom. The first-order valence-corrected chi connectivity index (χ1v) is 19.9. The quantitative estimate of drug-likeness (QED) is 0.238. The van der Waals surface area contributed by atoms with Gasteiger partial charge in [0.1, 0.15) is 12.1 Å². The van der Waals surface area contributed by atoms with Crippen LogP contribution in [0, 0.1) is 34.5 Å². The Morgan fingerprint density at radius 1 is 0.961 bits per heavy atom. The zero-order valence-corrected chi connectivity index (χ0v) is 31.3. The number of carbonyl (C=O) groups is 5. The number of benzene rings is 1. The van der Waals surface area contributed by atoms with Gasteiger partial charge in [-0.25, -0.2) is 13.2 Å². The molecule has 5 aliphatic rings. The Labute approximate surface area is 301 Å². The van der Waals surface area contributed by atoms with Crippen molar-refractivity contribution in [1.29, 1.82) is 0 Å². The molecule has 0 bridgehead atoms. The molecule has 1 aromatic carbocycles. The Kier molecular flexibility index (Phi) is 10.1. The summed E-state index contributed by atoms with van der Waals surface area (Å²) < 4.78 is 28.4. The predicted molar refractivity (Wildman–Crippen MR) is 189 cm³/mol. The maximum absolute atomic E-state index is 14.5. The number of hydrogen-bond acceptors (Lipinski definition) is 7. The van der Waals surface area contributed by atoms with Crippen LogP contribution in [0.4, 0.5) is 4.79 Å². The van der Waals surface area contributed by atoms with Crippen LogP contribution in [0.15, 0.2) is 29.2 Å². The fourth-order valence-electron chi connectivity index (χ4n) is 8.85. The maximum Gasteiger partial charge on any atom is 0.315 e. The molecule has 3 aliphatic carbocycles. The minimum atomic E-state index is -3.72. The van der Waals surface area contributed by atoms with E-state index in [9.17, 15) is 32.4 Å². The SMILES string of the molecule is CC(C)(C)[C@H](NC(=O)N[C@H](CN1Cc2ccccc2S1(=O)=O)C1CCCCC1)C(=O)N1C[C@H]2[C@@H](C1C(=O)NC(CC1CC1)C(=O)C(N)=O)C2(C)C. The smallest absolute Gasteiger partial charge is 0.315 e. The van der Waals surface area contributed by atoms with Gasteiger partial charge in [0.2, 0.25) is 27.6 Å². The van der Waals surface area contributed by atoms with Crippen LogP contribution < -0.4 is 21.7 Å². The number of likely N-dealkylation sites (tertiary alicyclic amines) is 1. The average molecular weight is 727 g/mol. The number of fused-ring (bicyclic) bond motifs is 2. The Bertz CT molecular complexity index is 1680. The summed E-state index contributed by atoms with van der Waals surface area (Å²) in [4.78, 5) is 68.7. The molecule has 0 radical (unpaired) electrons. The number of sulfonamides is 1. The first-order chi connectivity index (χ1) is 23.9. The second kappa shape index (κ2) is 13.8. The molecule has 14 heteroatoms. The van der Waals surface area contributed by atoms with Gasteiger partial charge in [0.25, 0.3) is 5.91 Å². The lowest BCUT2D eigenvalue weighted by Crippen LogP contribution is -2.62. The molecule has 2 heterocycles. The zero-order valence-electron chi connectivity index (χ0n) is 30.4. The van der Waals surface area contributed by atoms with Crippen molar-refractivity contribution in [2.75, 3.05) is 13.1 Å². The van der Waals surface area contributed by atoms with Gasteiger partial charge in [-0.3, -0.25) is 19.2 Å². The molecule has 6 rings (SSSR count). The highest BCUT2D eigenvalue weighted by atomic mass is 32.2. The van der Waals surface area contributed by atoms with Gasteiger partial charge in [0.15, 0.2) is 0 Å². The number of urea groups is 1. The van der Waals surface area contributed by atoms with Gasteiger partial charge in [0.05, 0.1) is 10.9 Å². The van der Waals surface area contributed by atoms with Crippen molar-refractivity contribution < 1.29 is 32.4 Å². The molecule has 1 aromatic rings. The van der Waals surface area contributed by atoms with Crippen molar-refractivity contribution >= 4 is 39.6 Å². The molecule has 280 valence electrons.